The summed E-state index contributed by atoms with van der Waals surface area (Å²) in [6.07, 6.45) is 0.628. The zero-order valence-corrected chi connectivity index (χ0v) is 17.7. The summed E-state index contributed by atoms with van der Waals surface area (Å²) in [6, 6.07) is 14.3. The molecule has 1 atom stereocenters. The number of hydrogen-bond donors (Lipinski definition) is 0. The standard InChI is InChI=1S/C23H21ClN4O3/c1-27-12-10-15(11-13-27)23(30)31-22-17-5-3-2-4-16(17)21(29)28(22)19-9-7-14-6-8-18(24)25-20(14)26-19/h2-9,15,22H,10-13H2,1H3. The van der Waals surface area contributed by atoms with E-state index < -0.39 is 6.23 Å². The Hall–Kier alpha value is -3.03. The zero-order valence-electron chi connectivity index (χ0n) is 17.0. The number of anilines is 1. The van der Waals surface area contributed by atoms with Gasteiger partial charge >= 0.3 is 5.97 Å². The highest BCUT2D eigenvalue weighted by atomic mass is 35.5. The molecule has 0 aliphatic carbocycles. The second-order valence-electron chi connectivity index (χ2n) is 7.98. The summed E-state index contributed by atoms with van der Waals surface area (Å²) in [5, 5.41) is 1.12. The number of benzene rings is 1. The maximum absolute atomic E-state index is 13.3. The summed E-state index contributed by atoms with van der Waals surface area (Å²) in [5.41, 5.74) is 1.59. The van der Waals surface area contributed by atoms with Gasteiger partial charge in [0.1, 0.15) is 11.0 Å². The molecule has 0 saturated carbocycles. The van der Waals surface area contributed by atoms with Gasteiger partial charge in [0.25, 0.3) is 5.91 Å². The average molecular weight is 437 g/mol. The third-order valence-corrected chi connectivity index (χ3v) is 6.15. The highest BCUT2D eigenvalue weighted by molar-refractivity contribution is 6.29. The van der Waals surface area contributed by atoms with Crippen LogP contribution in [0, 0.1) is 5.92 Å². The number of carbonyl (C=O) groups is 2. The van der Waals surface area contributed by atoms with E-state index in [9.17, 15) is 9.59 Å². The number of likely N-dealkylation sites (tertiary alicyclic amines) is 1. The number of ether oxygens (including phenoxy) is 1. The Morgan fingerprint density at radius 3 is 2.61 bits per heavy atom. The molecule has 1 saturated heterocycles. The smallest absolute Gasteiger partial charge is 0.311 e. The SMILES string of the molecule is CN1CCC(C(=O)OC2c3ccccc3C(=O)N2c2ccc3ccc(Cl)nc3n2)CC1. The summed E-state index contributed by atoms with van der Waals surface area (Å²) in [7, 11) is 2.04. The van der Waals surface area contributed by atoms with Crippen molar-refractivity contribution in [2.45, 2.75) is 19.1 Å². The van der Waals surface area contributed by atoms with Crippen LogP contribution in [0.1, 0.15) is 35.0 Å². The molecule has 1 fully saturated rings. The summed E-state index contributed by atoms with van der Waals surface area (Å²) in [5.74, 6) is -0.351. The quantitative estimate of drug-likeness (QED) is 0.459. The lowest BCUT2D eigenvalue weighted by atomic mass is 9.97. The normalized spacial score (nSPS) is 19.6. The van der Waals surface area contributed by atoms with Crippen LogP contribution >= 0.6 is 11.6 Å². The first kappa shape index (κ1) is 19.9. The molecule has 1 amide bonds. The van der Waals surface area contributed by atoms with E-state index >= 15 is 0 Å². The molecule has 2 aromatic heterocycles. The van der Waals surface area contributed by atoms with Crippen LogP contribution in [0.3, 0.4) is 0 Å². The number of pyridine rings is 2. The average Bonchev–Trinajstić information content (AvgIpc) is 3.05. The highest BCUT2D eigenvalue weighted by Crippen LogP contribution is 2.38. The number of piperidine rings is 1. The molecule has 0 radical (unpaired) electrons. The fraction of sp³-hybridized carbons (Fsp3) is 0.304. The lowest BCUT2D eigenvalue weighted by Crippen LogP contribution is -2.37. The minimum atomic E-state index is -0.861. The largest absolute Gasteiger partial charge is 0.436 e. The molecule has 2 aliphatic heterocycles. The summed E-state index contributed by atoms with van der Waals surface area (Å²) < 4.78 is 5.95. The molecule has 4 heterocycles. The van der Waals surface area contributed by atoms with E-state index in [1.807, 2.05) is 31.3 Å². The van der Waals surface area contributed by atoms with E-state index in [-0.39, 0.29) is 17.8 Å². The van der Waals surface area contributed by atoms with Gasteiger partial charge in [0, 0.05) is 16.5 Å². The minimum absolute atomic E-state index is 0.175. The molecule has 31 heavy (non-hydrogen) atoms. The van der Waals surface area contributed by atoms with Crippen molar-refractivity contribution >= 4 is 40.3 Å². The molecule has 0 N–H and O–H groups in total. The maximum Gasteiger partial charge on any atom is 0.311 e. The van der Waals surface area contributed by atoms with Gasteiger partial charge < -0.3 is 9.64 Å². The summed E-state index contributed by atoms with van der Waals surface area (Å²) in [6.45, 7) is 1.70. The Balaban J connectivity index is 1.51. The topological polar surface area (TPSA) is 75.6 Å². The van der Waals surface area contributed by atoms with Gasteiger partial charge in [-0.3, -0.25) is 14.5 Å². The van der Waals surface area contributed by atoms with Gasteiger partial charge in [0.15, 0.2) is 5.65 Å². The third kappa shape index (κ3) is 3.64. The molecule has 1 unspecified atom stereocenters. The van der Waals surface area contributed by atoms with Crippen LogP contribution in [0.4, 0.5) is 5.82 Å². The monoisotopic (exact) mass is 436 g/mol. The minimum Gasteiger partial charge on any atom is -0.436 e. The first-order valence-corrected chi connectivity index (χ1v) is 10.6. The van der Waals surface area contributed by atoms with Crippen molar-refractivity contribution in [3.05, 3.63) is 64.8 Å². The Labute approximate surface area is 184 Å². The van der Waals surface area contributed by atoms with E-state index in [0.29, 0.717) is 27.7 Å². The second-order valence-corrected chi connectivity index (χ2v) is 8.37. The zero-order chi connectivity index (χ0) is 21.5. The Morgan fingerprint density at radius 1 is 1.06 bits per heavy atom. The Morgan fingerprint density at radius 2 is 1.81 bits per heavy atom. The van der Waals surface area contributed by atoms with E-state index in [4.69, 9.17) is 16.3 Å². The fourth-order valence-corrected chi connectivity index (χ4v) is 4.32. The van der Waals surface area contributed by atoms with E-state index in [0.717, 1.165) is 31.3 Å². The van der Waals surface area contributed by atoms with E-state index in [1.165, 1.54) is 4.90 Å². The molecule has 7 nitrogen and oxygen atoms in total. The van der Waals surface area contributed by atoms with Crippen molar-refractivity contribution in [3.8, 4) is 0 Å². The van der Waals surface area contributed by atoms with Gasteiger partial charge in [0.2, 0.25) is 6.23 Å². The first-order valence-electron chi connectivity index (χ1n) is 10.3. The number of amides is 1. The van der Waals surface area contributed by atoms with Crippen LogP contribution in [0.15, 0.2) is 48.5 Å². The van der Waals surface area contributed by atoms with Gasteiger partial charge in [-0.15, -0.1) is 0 Å². The third-order valence-electron chi connectivity index (χ3n) is 5.94. The van der Waals surface area contributed by atoms with Crippen LogP contribution < -0.4 is 4.90 Å². The van der Waals surface area contributed by atoms with Gasteiger partial charge in [-0.1, -0.05) is 29.8 Å². The van der Waals surface area contributed by atoms with Gasteiger partial charge in [0.05, 0.1) is 5.92 Å². The lowest BCUT2D eigenvalue weighted by Gasteiger charge is -2.30. The van der Waals surface area contributed by atoms with Crippen LogP contribution in [0.5, 0.6) is 0 Å². The van der Waals surface area contributed by atoms with Gasteiger partial charge in [-0.25, -0.2) is 9.97 Å². The van der Waals surface area contributed by atoms with Crippen molar-refractivity contribution < 1.29 is 14.3 Å². The maximum atomic E-state index is 13.3. The number of aromatic nitrogens is 2. The fourth-order valence-electron chi connectivity index (χ4n) is 4.17. The van der Waals surface area contributed by atoms with Crippen molar-refractivity contribution in [2.75, 3.05) is 25.0 Å². The van der Waals surface area contributed by atoms with Gasteiger partial charge in [-0.05, 0) is 63.3 Å². The number of fused-ring (bicyclic) bond motifs is 2. The predicted octanol–water partition coefficient (Wildman–Crippen LogP) is 3.83. The Kier molecular flexibility index (Phi) is 5.08. The van der Waals surface area contributed by atoms with Gasteiger partial charge in [-0.2, -0.15) is 0 Å². The molecule has 1 aromatic carbocycles. The lowest BCUT2D eigenvalue weighted by molar-refractivity contribution is -0.155. The molecule has 158 valence electrons. The van der Waals surface area contributed by atoms with Crippen LogP contribution in [-0.4, -0.2) is 46.9 Å². The van der Waals surface area contributed by atoms with Crippen molar-refractivity contribution in [1.29, 1.82) is 0 Å². The molecule has 2 aliphatic rings. The number of rotatable bonds is 3. The first-order chi connectivity index (χ1) is 15.0. The summed E-state index contributed by atoms with van der Waals surface area (Å²) in [4.78, 5) is 38.7. The summed E-state index contributed by atoms with van der Waals surface area (Å²) >= 11 is 6.02. The molecule has 8 heteroatoms. The number of hydrogen-bond acceptors (Lipinski definition) is 6. The number of nitrogens with zero attached hydrogens (tertiary/aromatic N) is 4. The van der Waals surface area contributed by atoms with Crippen LogP contribution in [0.25, 0.3) is 11.0 Å². The van der Waals surface area contributed by atoms with Crippen molar-refractivity contribution in [3.63, 3.8) is 0 Å². The van der Waals surface area contributed by atoms with Crippen molar-refractivity contribution in [1.82, 2.24) is 14.9 Å². The predicted molar refractivity (Wildman–Crippen MR) is 117 cm³/mol. The van der Waals surface area contributed by atoms with E-state index in [1.54, 1.807) is 24.3 Å². The van der Waals surface area contributed by atoms with Crippen LogP contribution in [0.2, 0.25) is 5.15 Å². The molecular weight excluding hydrogens is 416 g/mol. The molecular formula is C23H21ClN4O3. The second kappa shape index (κ2) is 7.90. The number of halogens is 1. The molecule has 3 aromatic rings. The molecule has 0 spiro atoms. The van der Waals surface area contributed by atoms with Crippen molar-refractivity contribution in [2.24, 2.45) is 5.92 Å². The highest BCUT2D eigenvalue weighted by Gasteiger charge is 2.42. The van der Waals surface area contributed by atoms with Crippen LogP contribution in [-0.2, 0) is 9.53 Å². The number of esters is 1. The molecule has 5 rings (SSSR count). The molecule has 0 bridgehead atoms. The number of carbonyl (C=O) groups excluding carboxylic acids is 2. The Bertz CT molecular complexity index is 1180. The van der Waals surface area contributed by atoms with E-state index in [2.05, 4.69) is 14.9 Å².